The van der Waals surface area contributed by atoms with Gasteiger partial charge in [0.15, 0.2) is 5.82 Å². The van der Waals surface area contributed by atoms with E-state index in [1.807, 2.05) is 41.1 Å². The van der Waals surface area contributed by atoms with Crippen molar-refractivity contribution in [2.24, 2.45) is 5.92 Å². The van der Waals surface area contributed by atoms with E-state index in [-0.39, 0.29) is 0 Å². The Morgan fingerprint density at radius 3 is 2.26 bits per heavy atom. The van der Waals surface area contributed by atoms with Gasteiger partial charge in [-0.15, -0.1) is 10.2 Å². The van der Waals surface area contributed by atoms with E-state index in [0.717, 1.165) is 34.7 Å². The van der Waals surface area contributed by atoms with Crippen molar-refractivity contribution in [3.05, 3.63) is 66.5 Å². The Hall–Kier alpha value is -3.21. The molecule has 0 unspecified atom stereocenters. The molecule has 136 valence electrons. The topological polar surface area (TPSA) is 52.3 Å². The predicted molar refractivity (Wildman–Crippen MR) is 107 cm³/mol. The fraction of sp³-hybridized carbons (Fsp3) is 0.227. The minimum absolute atomic E-state index is 0.591. The lowest BCUT2D eigenvalue weighted by Gasteiger charge is -2.07. The van der Waals surface area contributed by atoms with Gasteiger partial charge in [-0.05, 0) is 35.6 Å². The fourth-order valence-corrected chi connectivity index (χ4v) is 3.18. The zero-order valence-electron chi connectivity index (χ0n) is 15.8. The van der Waals surface area contributed by atoms with E-state index >= 15 is 0 Å². The van der Waals surface area contributed by atoms with Crippen molar-refractivity contribution in [3.8, 4) is 28.3 Å². The number of hydrogen-bond donors (Lipinski definition) is 0. The van der Waals surface area contributed by atoms with Crippen LogP contribution < -0.4 is 4.74 Å². The molecule has 2 aromatic carbocycles. The molecule has 0 atom stereocenters. The van der Waals surface area contributed by atoms with E-state index < -0.39 is 0 Å². The normalized spacial score (nSPS) is 11.3. The Bertz CT molecular complexity index is 1050. The van der Waals surface area contributed by atoms with Crippen LogP contribution in [0.2, 0.25) is 0 Å². The molecule has 4 aromatic rings. The van der Waals surface area contributed by atoms with Crippen molar-refractivity contribution in [1.29, 1.82) is 0 Å². The summed E-state index contributed by atoms with van der Waals surface area (Å²) < 4.78 is 7.17. The number of ether oxygens (including phenoxy) is 1. The SMILES string of the molecule is COc1ccc(-c2cnc3nnc(-c4ccc(CC(C)C)cc4)n3c2)cc1. The van der Waals surface area contributed by atoms with Crippen LogP contribution in [0, 0.1) is 5.92 Å². The highest BCUT2D eigenvalue weighted by Gasteiger charge is 2.11. The van der Waals surface area contributed by atoms with Gasteiger partial charge in [-0.1, -0.05) is 50.2 Å². The van der Waals surface area contributed by atoms with E-state index in [4.69, 9.17) is 4.74 Å². The number of fused-ring (bicyclic) bond motifs is 1. The minimum atomic E-state index is 0.591. The molecule has 0 saturated heterocycles. The second kappa shape index (κ2) is 7.19. The summed E-state index contributed by atoms with van der Waals surface area (Å²) in [5.41, 5.74) is 4.43. The van der Waals surface area contributed by atoms with Gasteiger partial charge in [-0.3, -0.25) is 4.40 Å². The predicted octanol–water partition coefficient (Wildman–Crippen LogP) is 4.67. The van der Waals surface area contributed by atoms with E-state index in [0.29, 0.717) is 11.7 Å². The van der Waals surface area contributed by atoms with Crippen LogP contribution >= 0.6 is 0 Å². The monoisotopic (exact) mass is 358 g/mol. The largest absolute Gasteiger partial charge is 0.497 e. The Kier molecular flexibility index (Phi) is 4.59. The van der Waals surface area contributed by atoms with Crippen molar-refractivity contribution < 1.29 is 4.74 Å². The third-order valence-corrected chi connectivity index (χ3v) is 4.54. The first-order valence-corrected chi connectivity index (χ1v) is 9.08. The summed E-state index contributed by atoms with van der Waals surface area (Å²) in [6, 6.07) is 16.5. The Morgan fingerprint density at radius 2 is 1.59 bits per heavy atom. The second-order valence-electron chi connectivity index (χ2n) is 7.06. The Labute approximate surface area is 158 Å². The smallest absolute Gasteiger partial charge is 0.255 e. The first-order valence-electron chi connectivity index (χ1n) is 9.08. The molecule has 0 spiro atoms. The number of benzene rings is 2. The Balaban J connectivity index is 1.71. The first-order chi connectivity index (χ1) is 13.1. The maximum Gasteiger partial charge on any atom is 0.255 e. The molecule has 0 saturated carbocycles. The van der Waals surface area contributed by atoms with E-state index in [1.54, 1.807) is 7.11 Å². The van der Waals surface area contributed by atoms with Crippen molar-refractivity contribution in [1.82, 2.24) is 19.6 Å². The quantitative estimate of drug-likeness (QED) is 0.520. The molecule has 0 bridgehead atoms. The molecule has 5 heteroatoms. The van der Waals surface area contributed by atoms with Crippen LogP contribution in [-0.4, -0.2) is 26.7 Å². The van der Waals surface area contributed by atoms with Gasteiger partial charge in [0, 0.05) is 23.5 Å². The highest BCUT2D eigenvalue weighted by Crippen LogP contribution is 2.24. The van der Waals surface area contributed by atoms with E-state index in [2.05, 4.69) is 53.3 Å². The molecule has 0 aliphatic carbocycles. The van der Waals surface area contributed by atoms with Crippen molar-refractivity contribution in [3.63, 3.8) is 0 Å². The lowest BCUT2D eigenvalue weighted by molar-refractivity contribution is 0.415. The fourth-order valence-electron chi connectivity index (χ4n) is 3.18. The van der Waals surface area contributed by atoms with Crippen molar-refractivity contribution >= 4 is 5.78 Å². The standard InChI is InChI=1S/C22H22N4O/c1-15(2)12-16-4-6-18(7-5-16)21-24-25-22-23-13-19(14-26(21)22)17-8-10-20(27-3)11-9-17/h4-11,13-15H,12H2,1-3H3. The molecule has 0 radical (unpaired) electrons. The van der Waals surface area contributed by atoms with Crippen LogP contribution in [0.25, 0.3) is 28.3 Å². The maximum atomic E-state index is 5.23. The lowest BCUT2D eigenvalue weighted by atomic mass is 10.0. The van der Waals surface area contributed by atoms with Gasteiger partial charge in [0.2, 0.25) is 0 Å². The van der Waals surface area contributed by atoms with Crippen LogP contribution in [0.3, 0.4) is 0 Å². The molecular weight excluding hydrogens is 336 g/mol. The Morgan fingerprint density at radius 1 is 0.889 bits per heavy atom. The average Bonchev–Trinajstić information content (AvgIpc) is 3.11. The molecule has 5 nitrogen and oxygen atoms in total. The molecule has 27 heavy (non-hydrogen) atoms. The van der Waals surface area contributed by atoms with Gasteiger partial charge in [-0.25, -0.2) is 4.98 Å². The molecule has 0 amide bonds. The molecule has 4 rings (SSSR count). The molecule has 2 aromatic heterocycles. The summed E-state index contributed by atoms with van der Waals surface area (Å²) in [5, 5.41) is 8.56. The zero-order chi connectivity index (χ0) is 18.8. The minimum Gasteiger partial charge on any atom is -0.497 e. The van der Waals surface area contributed by atoms with Crippen LogP contribution in [-0.2, 0) is 6.42 Å². The summed E-state index contributed by atoms with van der Waals surface area (Å²) in [4.78, 5) is 4.46. The molecule has 2 heterocycles. The zero-order valence-corrected chi connectivity index (χ0v) is 15.8. The van der Waals surface area contributed by atoms with Gasteiger partial charge in [0.25, 0.3) is 5.78 Å². The molecule has 0 N–H and O–H groups in total. The van der Waals surface area contributed by atoms with Crippen molar-refractivity contribution in [2.75, 3.05) is 7.11 Å². The third-order valence-electron chi connectivity index (χ3n) is 4.54. The number of nitrogens with zero attached hydrogens (tertiary/aromatic N) is 4. The van der Waals surface area contributed by atoms with Crippen LogP contribution in [0.4, 0.5) is 0 Å². The lowest BCUT2D eigenvalue weighted by Crippen LogP contribution is -1.95. The van der Waals surface area contributed by atoms with Crippen LogP contribution in [0.1, 0.15) is 19.4 Å². The second-order valence-corrected chi connectivity index (χ2v) is 7.06. The highest BCUT2D eigenvalue weighted by molar-refractivity contribution is 5.65. The number of rotatable bonds is 5. The summed E-state index contributed by atoms with van der Waals surface area (Å²) in [7, 11) is 1.67. The third kappa shape index (κ3) is 3.53. The summed E-state index contributed by atoms with van der Waals surface area (Å²) in [6.07, 6.45) is 4.92. The first kappa shape index (κ1) is 17.2. The number of aromatic nitrogens is 4. The molecule has 0 fully saturated rings. The van der Waals surface area contributed by atoms with Gasteiger partial charge < -0.3 is 4.74 Å². The number of hydrogen-bond acceptors (Lipinski definition) is 4. The maximum absolute atomic E-state index is 5.23. The average molecular weight is 358 g/mol. The van der Waals surface area contributed by atoms with Gasteiger partial charge in [-0.2, -0.15) is 0 Å². The van der Waals surface area contributed by atoms with Crippen molar-refractivity contribution in [2.45, 2.75) is 20.3 Å². The van der Waals surface area contributed by atoms with E-state index in [9.17, 15) is 0 Å². The van der Waals surface area contributed by atoms with Gasteiger partial charge >= 0.3 is 0 Å². The molecule has 0 aliphatic heterocycles. The van der Waals surface area contributed by atoms with Crippen LogP contribution in [0.5, 0.6) is 5.75 Å². The highest BCUT2D eigenvalue weighted by atomic mass is 16.5. The summed E-state index contributed by atoms with van der Waals surface area (Å²) >= 11 is 0. The number of methoxy groups -OCH3 is 1. The van der Waals surface area contributed by atoms with Crippen LogP contribution in [0.15, 0.2) is 60.9 Å². The van der Waals surface area contributed by atoms with E-state index in [1.165, 1.54) is 5.56 Å². The van der Waals surface area contributed by atoms with Gasteiger partial charge in [0.1, 0.15) is 5.75 Å². The van der Waals surface area contributed by atoms with Gasteiger partial charge in [0.05, 0.1) is 7.11 Å². The molecular formula is C22H22N4O. The summed E-state index contributed by atoms with van der Waals surface area (Å²) in [5.74, 6) is 2.86. The molecule has 0 aliphatic rings. The summed E-state index contributed by atoms with van der Waals surface area (Å²) in [6.45, 7) is 4.46.